The van der Waals surface area contributed by atoms with Crippen molar-refractivity contribution in [3.63, 3.8) is 0 Å². The first-order chi connectivity index (χ1) is 6.18. The third-order valence-corrected chi connectivity index (χ3v) is 3.80. The first-order valence-electron chi connectivity index (χ1n) is 3.66. The Kier molecular flexibility index (Phi) is 2.80. The van der Waals surface area contributed by atoms with Gasteiger partial charge in [-0.1, -0.05) is 40.9 Å². The second kappa shape index (κ2) is 3.74. The van der Waals surface area contributed by atoms with Crippen LogP contribution in [0.4, 0.5) is 0 Å². The van der Waals surface area contributed by atoms with E-state index < -0.39 is 0 Å². The van der Waals surface area contributed by atoms with E-state index >= 15 is 0 Å². The Hall–Kier alpha value is 0.180. The molecule has 4 heteroatoms. The highest BCUT2D eigenvalue weighted by molar-refractivity contribution is 7.99. The molecule has 0 aliphatic carbocycles. The second-order valence-corrected chi connectivity index (χ2v) is 4.91. The molecule has 0 unspecified atom stereocenters. The van der Waals surface area contributed by atoms with Gasteiger partial charge in [0.15, 0.2) is 0 Å². The molecule has 1 aromatic carbocycles. The lowest BCUT2D eigenvalue weighted by atomic mass is 10.2. The van der Waals surface area contributed by atoms with Crippen molar-refractivity contribution < 1.29 is 0 Å². The lowest BCUT2D eigenvalue weighted by Gasteiger charge is -2.14. The van der Waals surface area contributed by atoms with Crippen LogP contribution < -0.4 is 0 Å². The average molecular weight is 252 g/mol. The third kappa shape index (κ3) is 1.84. The van der Waals surface area contributed by atoms with Gasteiger partial charge in [-0.3, -0.25) is 0 Å². The summed E-state index contributed by atoms with van der Waals surface area (Å²) in [6, 6.07) is 3.58. The predicted molar refractivity (Wildman–Crippen MR) is 61.0 cm³/mol. The van der Waals surface area contributed by atoms with Crippen LogP contribution in [0.25, 0.3) is 5.03 Å². The van der Waals surface area contributed by atoms with E-state index in [4.69, 9.17) is 34.8 Å². The first-order valence-corrected chi connectivity index (χ1v) is 5.78. The van der Waals surface area contributed by atoms with Crippen LogP contribution in [0.5, 0.6) is 0 Å². The molecule has 0 radical (unpaired) electrons. The number of halogens is 3. The standard InChI is InChI=1S/C9H5Cl3S/c10-5-3-6-7(11)1-2-13-9(6)8(12)4-5/h1,3-4H,2H2. The van der Waals surface area contributed by atoms with Gasteiger partial charge in [-0.15, -0.1) is 11.8 Å². The van der Waals surface area contributed by atoms with E-state index in [0.717, 1.165) is 21.2 Å². The van der Waals surface area contributed by atoms with Crippen LogP contribution in [0.3, 0.4) is 0 Å². The number of rotatable bonds is 0. The Bertz CT molecular complexity index is 385. The summed E-state index contributed by atoms with van der Waals surface area (Å²) < 4.78 is 0. The molecular weight excluding hydrogens is 247 g/mol. The Balaban J connectivity index is 2.66. The summed E-state index contributed by atoms with van der Waals surface area (Å²) in [5.74, 6) is 0.868. The molecule has 1 aliphatic rings. The molecule has 0 bridgehead atoms. The number of thioether (sulfide) groups is 1. The maximum Gasteiger partial charge on any atom is 0.0563 e. The van der Waals surface area contributed by atoms with Gasteiger partial charge in [0.25, 0.3) is 0 Å². The first kappa shape index (κ1) is 9.72. The number of hydrogen-bond acceptors (Lipinski definition) is 1. The van der Waals surface area contributed by atoms with Gasteiger partial charge in [-0.05, 0) is 12.1 Å². The molecule has 0 amide bonds. The molecule has 0 N–H and O–H groups in total. The molecule has 13 heavy (non-hydrogen) atoms. The van der Waals surface area contributed by atoms with Crippen LogP contribution in [0.2, 0.25) is 10.0 Å². The quantitative estimate of drug-likeness (QED) is 0.645. The molecule has 0 nitrogen and oxygen atoms in total. The maximum absolute atomic E-state index is 6.02. The summed E-state index contributed by atoms with van der Waals surface area (Å²) in [5.41, 5.74) is 0.940. The smallest absolute Gasteiger partial charge is 0.0563 e. The van der Waals surface area contributed by atoms with Crippen LogP contribution in [-0.4, -0.2) is 5.75 Å². The van der Waals surface area contributed by atoms with Crippen LogP contribution in [-0.2, 0) is 0 Å². The van der Waals surface area contributed by atoms with Crippen molar-refractivity contribution in [2.24, 2.45) is 0 Å². The molecule has 0 fully saturated rings. The highest BCUT2D eigenvalue weighted by atomic mass is 35.5. The summed E-state index contributed by atoms with van der Waals surface area (Å²) in [6.45, 7) is 0. The summed E-state index contributed by atoms with van der Waals surface area (Å²) >= 11 is 19.6. The summed E-state index contributed by atoms with van der Waals surface area (Å²) in [5, 5.41) is 2.04. The highest BCUT2D eigenvalue weighted by Crippen LogP contribution is 2.41. The van der Waals surface area contributed by atoms with Gasteiger partial charge in [0, 0.05) is 26.3 Å². The Labute approximate surface area is 95.9 Å². The molecule has 68 valence electrons. The topological polar surface area (TPSA) is 0 Å². The molecule has 0 aromatic heterocycles. The van der Waals surface area contributed by atoms with Crippen LogP contribution in [0, 0.1) is 0 Å². The number of benzene rings is 1. The summed E-state index contributed by atoms with van der Waals surface area (Å²) in [6.07, 6.45) is 1.96. The van der Waals surface area contributed by atoms with E-state index in [2.05, 4.69) is 0 Å². The van der Waals surface area contributed by atoms with Crippen molar-refractivity contribution in [3.8, 4) is 0 Å². The molecule has 2 rings (SSSR count). The normalized spacial score (nSPS) is 15.2. The summed E-state index contributed by atoms with van der Waals surface area (Å²) in [4.78, 5) is 1.03. The van der Waals surface area contributed by atoms with E-state index in [1.807, 2.05) is 12.1 Å². The van der Waals surface area contributed by atoms with Gasteiger partial charge >= 0.3 is 0 Å². The van der Waals surface area contributed by atoms with Gasteiger partial charge in [0.2, 0.25) is 0 Å². The van der Waals surface area contributed by atoms with Gasteiger partial charge in [-0.25, -0.2) is 0 Å². The molecule has 1 aromatic rings. The fraction of sp³-hybridized carbons (Fsp3) is 0.111. The van der Waals surface area contributed by atoms with Crippen molar-refractivity contribution in [1.29, 1.82) is 0 Å². The Morgan fingerprint density at radius 1 is 1.15 bits per heavy atom. The minimum atomic E-state index is 0.623. The molecule has 0 saturated carbocycles. The zero-order valence-electron chi connectivity index (χ0n) is 6.48. The van der Waals surface area contributed by atoms with Crippen molar-refractivity contribution in [1.82, 2.24) is 0 Å². The summed E-state index contributed by atoms with van der Waals surface area (Å²) in [7, 11) is 0. The van der Waals surface area contributed by atoms with E-state index in [1.165, 1.54) is 0 Å². The van der Waals surface area contributed by atoms with Gasteiger partial charge in [0.1, 0.15) is 0 Å². The largest absolute Gasteiger partial charge is 0.120 e. The van der Waals surface area contributed by atoms with Crippen LogP contribution in [0.15, 0.2) is 23.1 Å². The van der Waals surface area contributed by atoms with E-state index in [1.54, 1.807) is 17.8 Å². The van der Waals surface area contributed by atoms with E-state index in [-0.39, 0.29) is 0 Å². The lowest BCUT2D eigenvalue weighted by molar-refractivity contribution is 1.39. The van der Waals surface area contributed by atoms with Crippen LogP contribution in [0.1, 0.15) is 5.56 Å². The number of hydrogen-bond donors (Lipinski definition) is 0. The lowest BCUT2D eigenvalue weighted by Crippen LogP contribution is -1.92. The maximum atomic E-state index is 6.02. The highest BCUT2D eigenvalue weighted by Gasteiger charge is 2.15. The molecule has 0 saturated heterocycles. The van der Waals surface area contributed by atoms with Crippen molar-refractivity contribution in [2.45, 2.75) is 4.90 Å². The zero-order chi connectivity index (χ0) is 9.42. The van der Waals surface area contributed by atoms with Crippen molar-refractivity contribution in [2.75, 3.05) is 5.75 Å². The minimum Gasteiger partial charge on any atom is -0.120 e. The molecular formula is C9H5Cl3S. The minimum absolute atomic E-state index is 0.623. The fourth-order valence-corrected chi connectivity index (χ4v) is 3.16. The predicted octanol–water partition coefficient (Wildman–Crippen LogP) is 4.68. The van der Waals surface area contributed by atoms with E-state index in [9.17, 15) is 0 Å². The van der Waals surface area contributed by atoms with Gasteiger partial charge < -0.3 is 0 Å². The number of fused-ring (bicyclic) bond motifs is 1. The molecule has 1 heterocycles. The van der Waals surface area contributed by atoms with Gasteiger partial charge in [0.05, 0.1) is 5.02 Å². The van der Waals surface area contributed by atoms with Crippen molar-refractivity contribution >= 4 is 51.6 Å². The third-order valence-electron chi connectivity index (χ3n) is 1.76. The monoisotopic (exact) mass is 250 g/mol. The second-order valence-electron chi connectivity index (χ2n) is 2.63. The van der Waals surface area contributed by atoms with E-state index in [0.29, 0.717) is 10.0 Å². The fourth-order valence-electron chi connectivity index (χ4n) is 1.19. The average Bonchev–Trinajstić information content (AvgIpc) is 2.07. The van der Waals surface area contributed by atoms with Gasteiger partial charge in [-0.2, -0.15) is 0 Å². The Morgan fingerprint density at radius 3 is 2.69 bits per heavy atom. The van der Waals surface area contributed by atoms with Crippen LogP contribution >= 0.6 is 46.6 Å². The molecule has 1 aliphatic heterocycles. The molecule has 0 spiro atoms. The molecule has 0 atom stereocenters. The SMILES string of the molecule is ClC1=CCSc2c(Cl)cc(Cl)cc21. The van der Waals surface area contributed by atoms with Crippen molar-refractivity contribution in [3.05, 3.63) is 33.8 Å². The Morgan fingerprint density at radius 2 is 1.92 bits per heavy atom. The zero-order valence-corrected chi connectivity index (χ0v) is 9.57.